The maximum Gasteiger partial charge on any atom is 0.306 e. The lowest BCUT2D eigenvalue weighted by atomic mass is 10.1. The van der Waals surface area contributed by atoms with Crippen LogP contribution < -0.4 is 0 Å². The Labute approximate surface area is 322 Å². The highest BCUT2D eigenvalue weighted by Crippen LogP contribution is 2.13. The van der Waals surface area contributed by atoms with Gasteiger partial charge in [0.25, 0.3) is 0 Å². The van der Waals surface area contributed by atoms with Crippen LogP contribution in [0.2, 0.25) is 0 Å². The molecule has 0 N–H and O–H groups in total. The van der Waals surface area contributed by atoms with Crippen LogP contribution in [0.1, 0.15) is 213 Å². The minimum absolute atomic E-state index is 0.0720. The molecular weight excluding hydrogens is 645 g/mol. The van der Waals surface area contributed by atoms with E-state index in [1.807, 2.05) is 0 Å². The van der Waals surface area contributed by atoms with Crippen LogP contribution in [0.5, 0.6) is 0 Å². The molecule has 0 aromatic rings. The lowest BCUT2D eigenvalue weighted by Crippen LogP contribution is -2.30. The monoisotopic (exact) mass is 729 g/mol. The van der Waals surface area contributed by atoms with Crippen LogP contribution in [-0.2, 0) is 23.8 Å². The van der Waals surface area contributed by atoms with Gasteiger partial charge in [-0.2, -0.15) is 0 Å². The van der Waals surface area contributed by atoms with Crippen LogP contribution >= 0.6 is 0 Å². The van der Waals surface area contributed by atoms with Crippen molar-refractivity contribution < 1.29 is 23.8 Å². The fraction of sp³-hybridized carbons (Fsp3) is 0.787. The van der Waals surface area contributed by atoms with Gasteiger partial charge in [-0.05, 0) is 77.0 Å². The maximum absolute atomic E-state index is 12.6. The van der Waals surface area contributed by atoms with Gasteiger partial charge < -0.3 is 14.2 Å². The number of hydrogen-bond acceptors (Lipinski definition) is 5. The highest BCUT2D eigenvalue weighted by Gasteiger charge is 2.17. The fourth-order valence-corrected chi connectivity index (χ4v) is 6.05. The molecule has 5 nitrogen and oxygen atoms in total. The molecule has 0 saturated heterocycles. The Balaban J connectivity index is 4.15. The summed E-state index contributed by atoms with van der Waals surface area (Å²) < 4.78 is 17.2. The average Bonchev–Trinajstić information content (AvgIpc) is 3.14. The van der Waals surface area contributed by atoms with Gasteiger partial charge in [0.15, 0.2) is 6.10 Å². The summed E-state index contributed by atoms with van der Waals surface area (Å²) >= 11 is 0. The Kier molecular flexibility index (Phi) is 41.5. The summed E-state index contributed by atoms with van der Waals surface area (Å²) in [6.45, 7) is 7.64. The quantitative estimate of drug-likeness (QED) is 0.0357. The van der Waals surface area contributed by atoms with Crippen molar-refractivity contribution in [1.82, 2.24) is 0 Å². The van der Waals surface area contributed by atoms with Crippen LogP contribution in [-0.4, -0.2) is 37.9 Å². The van der Waals surface area contributed by atoms with Gasteiger partial charge in [-0.3, -0.25) is 9.59 Å². The Hall–Kier alpha value is -2.14. The third kappa shape index (κ3) is 40.6. The fourth-order valence-electron chi connectivity index (χ4n) is 6.05. The SMILES string of the molecule is CC/C=C\C/C=C\C/C=C\CCCCCC(=O)OC(COCCCCCCCC)COC(=O)CCCCCCCCC/C=C\CCCCCCCC. The Morgan fingerprint density at radius 3 is 1.42 bits per heavy atom. The topological polar surface area (TPSA) is 61.8 Å². The van der Waals surface area contributed by atoms with E-state index in [2.05, 4.69) is 69.4 Å². The Morgan fingerprint density at radius 1 is 0.442 bits per heavy atom. The minimum atomic E-state index is -0.546. The smallest absolute Gasteiger partial charge is 0.306 e. The first-order valence-electron chi connectivity index (χ1n) is 22.2. The normalized spacial score (nSPS) is 12.6. The highest BCUT2D eigenvalue weighted by molar-refractivity contribution is 5.70. The summed E-state index contributed by atoms with van der Waals surface area (Å²) in [4.78, 5) is 25.1. The number of carbonyl (C=O) groups excluding carboxylic acids is 2. The lowest BCUT2D eigenvalue weighted by Gasteiger charge is -2.18. The second-order valence-corrected chi connectivity index (χ2v) is 14.6. The number of hydrogen-bond donors (Lipinski definition) is 0. The number of ether oxygens (including phenoxy) is 3. The molecule has 0 aliphatic heterocycles. The zero-order valence-corrected chi connectivity index (χ0v) is 34.6. The molecule has 0 bridgehead atoms. The molecule has 0 saturated carbocycles. The summed E-state index contributed by atoms with van der Waals surface area (Å²) in [5.41, 5.74) is 0. The van der Waals surface area contributed by atoms with Crippen molar-refractivity contribution in [1.29, 1.82) is 0 Å². The molecule has 0 fully saturated rings. The maximum atomic E-state index is 12.6. The number of carbonyl (C=O) groups is 2. The van der Waals surface area contributed by atoms with Gasteiger partial charge in [-0.15, -0.1) is 0 Å². The second-order valence-electron chi connectivity index (χ2n) is 14.6. The van der Waals surface area contributed by atoms with Crippen molar-refractivity contribution in [2.24, 2.45) is 0 Å². The number of allylic oxidation sites excluding steroid dienone is 8. The summed E-state index contributed by atoms with van der Waals surface area (Å²) in [7, 11) is 0. The first-order valence-corrected chi connectivity index (χ1v) is 22.2. The van der Waals surface area contributed by atoms with E-state index in [-0.39, 0.29) is 25.2 Å². The van der Waals surface area contributed by atoms with Crippen molar-refractivity contribution >= 4 is 11.9 Å². The van der Waals surface area contributed by atoms with Gasteiger partial charge in [-0.1, -0.05) is 172 Å². The number of esters is 2. The van der Waals surface area contributed by atoms with Crippen molar-refractivity contribution in [3.05, 3.63) is 48.6 Å². The van der Waals surface area contributed by atoms with Gasteiger partial charge in [0.05, 0.1) is 6.61 Å². The summed E-state index contributed by atoms with van der Waals surface area (Å²) in [6.07, 6.45) is 51.2. The summed E-state index contributed by atoms with van der Waals surface area (Å²) in [5, 5.41) is 0. The molecule has 302 valence electrons. The molecule has 0 heterocycles. The van der Waals surface area contributed by atoms with E-state index in [1.54, 1.807) is 0 Å². The predicted octanol–water partition coefficient (Wildman–Crippen LogP) is 14.4. The lowest BCUT2D eigenvalue weighted by molar-refractivity contribution is -0.163. The molecule has 52 heavy (non-hydrogen) atoms. The van der Waals surface area contributed by atoms with Crippen molar-refractivity contribution in [3.63, 3.8) is 0 Å². The zero-order valence-electron chi connectivity index (χ0n) is 34.6. The number of rotatable bonds is 40. The van der Waals surface area contributed by atoms with E-state index in [4.69, 9.17) is 14.2 Å². The third-order valence-corrected chi connectivity index (χ3v) is 9.35. The molecule has 0 aliphatic carbocycles. The molecule has 0 aromatic carbocycles. The largest absolute Gasteiger partial charge is 0.462 e. The predicted molar refractivity (Wildman–Crippen MR) is 224 cm³/mol. The number of unbranched alkanes of at least 4 members (excludes halogenated alkanes) is 21. The van der Waals surface area contributed by atoms with E-state index >= 15 is 0 Å². The first-order chi connectivity index (χ1) is 25.6. The molecule has 0 aromatic heterocycles. The molecule has 0 spiro atoms. The summed E-state index contributed by atoms with van der Waals surface area (Å²) in [5.74, 6) is -0.437. The molecule has 1 atom stereocenters. The van der Waals surface area contributed by atoms with E-state index in [9.17, 15) is 9.59 Å². The van der Waals surface area contributed by atoms with Gasteiger partial charge >= 0.3 is 11.9 Å². The Bertz CT molecular complexity index is 873. The van der Waals surface area contributed by atoms with Crippen LogP contribution in [0.25, 0.3) is 0 Å². The second kappa shape index (κ2) is 43.3. The van der Waals surface area contributed by atoms with Gasteiger partial charge in [0.2, 0.25) is 0 Å². The highest BCUT2D eigenvalue weighted by atomic mass is 16.6. The Morgan fingerprint density at radius 2 is 0.865 bits per heavy atom. The summed E-state index contributed by atoms with van der Waals surface area (Å²) in [6, 6.07) is 0. The van der Waals surface area contributed by atoms with Crippen molar-refractivity contribution in [2.45, 2.75) is 219 Å². The van der Waals surface area contributed by atoms with E-state index in [0.717, 1.165) is 70.6 Å². The van der Waals surface area contributed by atoms with Crippen LogP contribution in [0.15, 0.2) is 48.6 Å². The van der Waals surface area contributed by atoms with E-state index in [1.165, 1.54) is 109 Å². The van der Waals surface area contributed by atoms with E-state index in [0.29, 0.717) is 19.4 Å². The standard InChI is InChI=1S/C47H84O5/c1-4-7-10-13-16-18-20-22-23-24-25-27-28-30-32-34-37-40-46(48)51-44-45(43-50-42-39-36-15-12-9-6-3)52-47(49)41-38-35-33-31-29-26-21-19-17-14-11-8-5-2/h8,11,17,19,22-23,26,29,45H,4-7,9-10,12-16,18,20-21,24-25,27-28,30-44H2,1-3H3/b11-8-,19-17-,23-22-,29-26-. The first kappa shape index (κ1) is 49.9. The van der Waals surface area contributed by atoms with Crippen molar-refractivity contribution in [3.8, 4) is 0 Å². The zero-order chi connectivity index (χ0) is 37.8. The molecule has 0 radical (unpaired) electrons. The third-order valence-electron chi connectivity index (χ3n) is 9.35. The molecular formula is C47H84O5. The van der Waals surface area contributed by atoms with Gasteiger partial charge in [-0.25, -0.2) is 0 Å². The molecule has 0 aliphatic rings. The molecule has 0 amide bonds. The van der Waals surface area contributed by atoms with Crippen molar-refractivity contribution in [2.75, 3.05) is 19.8 Å². The molecule has 1 unspecified atom stereocenters. The van der Waals surface area contributed by atoms with Crippen LogP contribution in [0.4, 0.5) is 0 Å². The van der Waals surface area contributed by atoms with Gasteiger partial charge in [0.1, 0.15) is 6.61 Å². The van der Waals surface area contributed by atoms with E-state index < -0.39 is 6.10 Å². The van der Waals surface area contributed by atoms with Crippen LogP contribution in [0, 0.1) is 0 Å². The average molecular weight is 729 g/mol. The van der Waals surface area contributed by atoms with Gasteiger partial charge in [0, 0.05) is 19.4 Å². The molecule has 0 rings (SSSR count). The molecule has 5 heteroatoms. The minimum Gasteiger partial charge on any atom is -0.462 e. The van der Waals surface area contributed by atoms with Crippen LogP contribution in [0.3, 0.4) is 0 Å².